The Bertz CT molecular complexity index is 116. The standard InChI is InChI=1S/C7H12O3/c1-9-6-7(5-8)3-2-4-10-7/h5H,2-4,6H2,1H3. The normalized spacial score (nSPS) is 32.5. The summed E-state index contributed by atoms with van der Waals surface area (Å²) in [5.74, 6) is 0. The molecule has 58 valence electrons. The molecule has 3 heteroatoms. The van der Waals surface area contributed by atoms with E-state index in [1.54, 1.807) is 7.11 Å². The van der Waals surface area contributed by atoms with E-state index in [1.807, 2.05) is 0 Å². The van der Waals surface area contributed by atoms with Gasteiger partial charge in [-0.25, -0.2) is 0 Å². The molecular formula is C7H12O3. The lowest BCUT2D eigenvalue weighted by molar-refractivity contribution is -0.131. The first-order valence-corrected chi connectivity index (χ1v) is 3.42. The molecule has 0 aliphatic carbocycles. The lowest BCUT2D eigenvalue weighted by Crippen LogP contribution is -2.34. The minimum absolute atomic E-state index is 0.385. The Kier molecular flexibility index (Phi) is 2.40. The molecule has 0 amide bonds. The predicted molar refractivity (Wildman–Crippen MR) is 35.9 cm³/mol. The molecule has 10 heavy (non-hydrogen) atoms. The van der Waals surface area contributed by atoms with Crippen LogP contribution in [0.25, 0.3) is 0 Å². The van der Waals surface area contributed by atoms with E-state index in [0.717, 1.165) is 19.1 Å². The number of carbonyl (C=O) groups is 1. The van der Waals surface area contributed by atoms with Gasteiger partial charge in [0.1, 0.15) is 5.60 Å². The molecule has 0 aromatic heterocycles. The van der Waals surface area contributed by atoms with Gasteiger partial charge in [-0.2, -0.15) is 0 Å². The Morgan fingerprint density at radius 2 is 2.60 bits per heavy atom. The maximum Gasteiger partial charge on any atom is 0.154 e. The number of hydrogen-bond donors (Lipinski definition) is 0. The Morgan fingerprint density at radius 3 is 3.00 bits per heavy atom. The van der Waals surface area contributed by atoms with Crippen molar-refractivity contribution >= 4 is 6.29 Å². The van der Waals surface area contributed by atoms with Crippen LogP contribution in [0.4, 0.5) is 0 Å². The molecule has 0 spiro atoms. The first kappa shape index (κ1) is 7.69. The second kappa shape index (κ2) is 3.12. The molecule has 1 aliphatic heterocycles. The monoisotopic (exact) mass is 144 g/mol. The van der Waals surface area contributed by atoms with Crippen molar-refractivity contribution in [3.63, 3.8) is 0 Å². The summed E-state index contributed by atoms with van der Waals surface area (Å²) in [6.45, 7) is 1.07. The van der Waals surface area contributed by atoms with Gasteiger partial charge in [-0.05, 0) is 12.8 Å². The number of rotatable bonds is 3. The van der Waals surface area contributed by atoms with Gasteiger partial charge in [0.2, 0.25) is 0 Å². The van der Waals surface area contributed by atoms with Crippen LogP contribution in [-0.2, 0) is 14.3 Å². The van der Waals surface area contributed by atoms with Gasteiger partial charge >= 0.3 is 0 Å². The van der Waals surface area contributed by atoms with Crippen LogP contribution in [0.15, 0.2) is 0 Å². The SMILES string of the molecule is COCC1(C=O)CCCO1. The summed E-state index contributed by atoms with van der Waals surface area (Å²) in [4.78, 5) is 10.5. The molecule has 1 aliphatic rings. The molecule has 1 rings (SSSR count). The minimum atomic E-state index is -0.616. The molecule has 0 bridgehead atoms. The van der Waals surface area contributed by atoms with Crippen molar-refractivity contribution in [2.45, 2.75) is 18.4 Å². The second-order valence-electron chi connectivity index (χ2n) is 2.57. The number of ether oxygens (including phenoxy) is 2. The number of aldehydes is 1. The van der Waals surface area contributed by atoms with Crippen LogP contribution in [0, 0.1) is 0 Å². The van der Waals surface area contributed by atoms with E-state index in [0.29, 0.717) is 13.2 Å². The van der Waals surface area contributed by atoms with Crippen LogP contribution in [0.3, 0.4) is 0 Å². The number of methoxy groups -OCH3 is 1. The van der Waals surface area contributed by atoms with Gasteiger partial charge in [0.15, 0.2) is 6.29 Å². The highest BCUT2D eigenvalue weighted by molar-refractivity contribution is 5.63. The summed E-state index contributed by atoms with van der Waals surface area (Å²) in [6.07, 6.45) is 2.61. The van der Waals surface area contributed by atoms with Gasteiger partial charge in [-0.15, -0.1) is 0 Å². The molecule has 0 N–H and O–H groups in total. The summed E-state index contributed by atoms with van der Waals surface area (Å²) >= 11 is 0. The minimum Gasteiger partial charge on any atom is -0.381 e. The quantitative estimate of drug-likeness (QED) is 0.537. The van der Waals surface area contributed by atoms with Crippen LogP contribution in [0.1, 0.15) is 12.8 Å². The van der Waals surface area contributed by atoms with Crippen molar-refractivity contribution in [2.24, 2.45) is 0 Å². The zero-order valence-corrected chi connectivity index (χ0v) is 6.13. The van der Waals surface area contributed by atoms with Gasteiger partial charge in [0.05, 0.1) is 6.61 Å². The largest absolute Gasteiger partial charge is 0.381 e. The first-order valence-electron chi connectivity index (χ1n) is 3.42. The van der Waals surface area contributed by atoms with Crippen molar-refractivity contribution in [1.29, 1.82) is 0 Å². The fourth-order valence-electron chi connectivity index (χ4n) is 1.20. The summed E-state index contributed by atoms with van der Waals surface area (Å²) in [5.41, 5.74) is -0.616. The van der Waals surface area contributed by atoms with Gasteiger partial charge in [0.25, 0.3) is 0 Å². The fraction of sp³-hybridized carbons (Fsp3) is 0.857. The lowest BCUT2D eigenvalue weighted by atomic mass is 10.0. The van der Waals surface area contributed by atoms with E-state index >= 15 is 0 Å². The molecular weight excluding hydrogens is 132 g/mol. The number of carbonyl (C=O) groups excluding carboxylic acids is 1. The Labute approximate surface area is 60.3 Å². The maximum absolute atomic E-state index is 10.5. The Hall–Kier alpha value is -0.410. The maximum atomic E-state index is 10.5. The summed E-state index contributed by atoms with van der Waals surface area (Å²) in [7, 11) is 1.58. The van der Waals surface area contributed by atoms with E-state index < -0.39 is 5.60 Å². The molecule has 1 heterocycles. The predicted octanol–water partition coefficient (Wildman–Crippen LogP) is 0.381. The van der Waals surface area contributed by atoms with Crippen LogP contribution < -0.4 is 0 Å². The average molecular weight is 144 g/mol. The van der Waals surface area contributed by atoms with Crippen LogP contribution >= 0.6 is 0 Å². The van der Waals surface area contributed by atoms with Crippen LogP contribution in [0.5, 0.6) is 0 Å². The third-order valence-electron chi connectivity index (χ3n) is 1.74. The molecule has 1 saturated heterocycles. The van der Waals surface area contributed by atoms with E-state index in [1.165, 1.54) is 0 Å². The van der Waals surface area contributed by atoms with Gasteiger partial charge < -0.3 is 14.3 Å². The average Bonchev–Trinajstić information content (AvgIpc) is 2.39. The fourth-order valence-corrected chi connectivity index (χ4v) is 1.20. The van der Waals surface area contributed by atoms with Gasteiger partial charge in [-0.3, -0.25) is 0 Å². The molecule has 3 nitrogen and oxygen atoms in total. The Morgan fingerprint density at radius 1 is 1.80 bits per heavy atom. The zero-order valence-electron chi connectivity index (χ0n) is 6.13. The van der Waals surface area contributed by atoms with Gasteiger partial charge in [-0.1, -0.05) is 0 Å². The van der Waals surface area contributed by atoms with E-state index in [2.05, 4.69) is 0 Å². The van der Waals surface area contributed by atoms with Crippen molar-refractivity contribution in [3.8, 4) is 0 Å². The summed E-state index contributed by atoms with van der Waals surface area (Å²) in [6, 6.07) is 0. The smallest absolute Gasteiger partial charge is 0.154 e. The molecule has 0 aromatic carbocycles. The van der Waals surface area contributed by atoms with Crippen molar-refractivity contribution in [2.75, 3.05) is 20.3 Å². The molecule has 0 saturated carbocycles. The molecule has 1 fully saturated rings. The van der Waals surface area contributed by atoms with E-state index in [4.69, 9.17) is 9.47 Å². The molecule has 1 atom stereocenters. The van der Waals surface area contributed by atoms with Gasteiger partial charge in [0, 0.05) is 13.7 Å². The highest BCUT2D eigenvalue weighted by Gasteiger charge is 2.34. The first-order chi connectivity index (χ1) is 4.83. The molecule has 1 unspecified atom stereocenters. The second-order valence-corrected chi connectivity index (χ2v) is 2.57. The topological polar surface area (TPSA) is 35.5 Å². The van der Waals surface area contributed by atoms with E-state index in [9.17, 15) is 4.79 Å². The molecule has 0 radical (unpaired) electrons. The van der Waals surface area contributed by atoms with E-state index in [-0.39, 0.29) is 0 Å². The molecule has 0 aromatic rings. The zero-order chi connectivity index (χ0) is 7.45. The van der Waals surface area contributed by atoms with Crippen molar-refractivity contribution < 1.29 is 14.3 Å². The third-order valence-corrected chi connectivity index (χ3v) is 1.74. The third kappa shape index (κ3) is 1.36. The lowest BCUT2D eigenvalue weighted by Gasteiger charge is -2.19. The van der Waals surface area contributed by atoms with Crippen LogP contribution in [-0.4, -0.2) is 32.2 Å². The highest BCUT2D eigenvalue weighted by Crippen LogP contribution is 2.23. The van der Waals surface area contributed by atoms with Crippen LogP contribution in [0.2, 0.25) is 0 Å². The van der Waals surface area contributed by atoms with Crippen molar-refractivity contribution in [1.82, 2.24) is 0 Å². The summed E-state index contributed by atoms with van der Waals surface area (Å²) < 4.78 is 10.1. The number of hydrogen-bond acceptors (Lipinski definition) is 3. The van der Waals surface area contributed by atoms with Crippen molar-refractivity contribution in [3.05, 3.63) is 0 Å². The Balaban J connectivity index is 2.49. The highest BCUT2D eigenvalue weighted by atomic mass is 16.5. The summed E-state index contributed by atoms with van der Waals surface area (Å²) in [5, 5.41) is 0.